The Morgan fingerprint density at radius 1 is 1.17 bits per heavy atom. The van der Waals surface area contributed by atoms with Crippen molar-refractivity contribution in [2.24, 2.45) is 5.73 Å². The van der Waals surface area contributed by atoms with Gasteiger partial charge in [-0.15, -0.1) is 11.3 Å². The number of rotatable bonds is 6. The summed E-state index contributed by atoms with van der Waals surface area (Å²) in [4.78, 5) is 30.9. The first-order chi connectivity index (χ1) is 14.5. The number of nitrogens with zero attached hydrogens (tertiary/aromatic N) is 2. The molecule has 2 heterocycles. The predicted octanol–water partition coefficient (Wildman–Crippen LogP) is 3.77. The third-order valence-corrected chi connectivity index (χ3v) is 5.99. The van der Waals surface area contributed by atoms with E-state index in [2.05, 4.69) is 0 Å². The number of hydrogen-bond donors (Lipinski definition) is 1. The van der Waals surface area contributed by atoms with Crippen molar-refractivity contribution in [1.82, 2.24) is 9.55 Å². The molecule has 1 atom stereocenters. The van der Waals surface area contributed by atoms with Gasteiger partial charge >= 0.3 is 0 Å². The van der Waals surface area contributed by atoms with Crippen LogP contribution in [0.3, 0.4) is 0 Å². The van der Waals surface area contributed by atoms with Gasteiger partial charge in [0.25, 0.3) is 5.56 Å². The molecule has 2 aromatic carbocycles. The van der Waals surface area contributed by atoms with E-state index in [0.29, 0.717) is 22.5 Å². The molecule has 30 heavy (non-hydrogen) atoms. The fourth-order valence-corrected chi connectivity index (χ4v) is 4.41. The van der Waals surface area contributed by atoms with Crippen molar-refractivity contribution in [2.75, 3.05) is 7.11 Å². The van der Waals surface area contributed by atoms with E-state index in [9.17, 15) is 9.59 Å². The van der Waals surface area contributed by atoms with Crippen LogP contribution in [0, 0.1) is 0 Å². The number of benzene rings is 2. The minimum absolute atomic E-state index is 0.255. The molecule has 1 amide bonds. The second kappa shape index (κ2) is 8.12. The summed E-state index contributed by atoms with van der Waals surface area (Å²) in [7, 11) is 1.61. The SMILES string of the molecule is COc1ccc(Cc2nc3scc(-c4ccccc4)c3c(=O)n2C(C)C(N)=O)cc1. The van der Waals surface area contributed by atoms with Gasteiger partial charge in [-0.1, -0.05) is 42.5 Å². The van der Waals surface area contributed by atoms with Gasteiger partial charge in [0.2, 0.25) is 5.91 Å². The molecule has 7 heteroatoms. The van der Waals surface area contributed by atoms with E-state index >= 15 is 0 Å². The van der Waals surface area contributed by atoms with Crippen molar-refractivity contribution in [1.29, 1.82) is 0 Å². The smallest absolute Gasteiger partial charge is 0.263 e. The topological polar surface area (TPSA) is 87.2 Å². The molecule has 0 aliphatic rings. The number of fused-ring (bicyclic) bond motifs is 1. The number of nitrogens with two attached hydrogens (primary N) is 1. The normalized spacial score (nSPS) is 12.1. The summed E-state index contributed by atoms with van der Waals surface area (Å²) in [5.41, 5.74) is 8.01. The van der Waals surface area contributed by atoms with Gasteiger partial charge in [0.05, 0.1) is 12.5 Å². The Morgan fingerprint density at radius 2 is 1.87 bits per heavy atom. The highest BCUT2D eigenvalue weighted by Crippen LogP contribution is 2.31. The summed E-state index contributed by atoms with van der Waals surface area (Å²) in [6, 6.07) is 16.4. The van der Waals surface area contributed by atoms with Crippen molar-refractivity contribution in [2.45, 2.75) is 19.4 Å². The van der Waals surface area contributed by atoms with E-state index in [-0.39, 0.29) is 5.56 Å². The molecule has 0 spiro atoms. The summed E-state index contributed by atoms with van der Waals surface area (Å²) in [6.45, 7) is 1.63. The quantitative estimate of drug-likeness (QED) is 0.515. The molecule has 2 aromatic heterocycles. The van der Waals surface area contributed by atoms with Crippen LogP contribution in [0.2, 0.25) is 0 Å². The first-order valence-corrected chi connectivity index (χ1v) is 10.4. The van der Waals surface area contributed by atoms with E-state index in [1.54, 1.807) is 14.0 Å². The number of thiophene rings is 1. The Balaban J connectivity index is 1.90. The number of ether oxygens (including phenoxy) is 1. The molecule has 2 N–H and O–H groups in total. The fourth-order valence-electron chi connectivity index (χ4n) is 3.45. The predicted molar refractivity (Wildman–Crippen MR) is 119 cm³/mol. The molecule has 0 saturated carbocycles. The molecule has 4 aromatic rings. The van der Waals surface area contributed by atoms with Crippen LogP contribution in [-0.2, 0) is 11.2 Å². The molecule has 1 unspecified atom stereocenters. The Hall–Kier alpha value is -3.45. The average Bonchev–Trinajstić information content (AvgIpc) is 3.19. The summed E-state index contributed by atoms with van der Waals surface area (Å²) in [5.74, 6) is 0.673. The lowest BCUT2D eigenvalue weighted by Crippen LogP contribution is -2.35. The molecule has 4 rings (SSSR count). The second-order valence-electron chi connectivity index (χ2n) is 7.00. The van der Waals surface area contributed by atoms with Crippen LogP contribution in [-0.4, -0.2) is 22.6 Å². The molecule has 0 aliphatic heterocycles. The fraction of sp³-hybridized carbons (Fsp3) is 0.174. The summed E-state index contributed by atoms with van der Waals surface area (Å²) in [6.07, 6.45) is 0.394. The maximum atomic E-state index is 13.5. The van der Waals surface area contributed by atoms with E-state index < -0.39 is 11.9 Å². The molecule has 6 nitrogen and oxygen atoms in total. The molecular weight excluding hydrogens is 398 g/mol. The number of carbonyl (C=O) groups is 1. The van der Waals surface area contributed by atoms with Gasteiger partial charge in [-0.3, -0.25) is 14.2 Å². The Bertz CT molecular complexity index is 1260. The first kappa shape index (κ1) is 19.8. The third kappa shape index (κ3) is 3.59. The summed E-state index contributed by atoms with van der Waals surface area (Å²) in [5, 5.41) is 2.45. The van der Waals surface area contributed by atoms with Gasteiger partial charge < -0.3 is 10.5 Å². The second-order valence-corrected chi connectivity index (χ2v) is 7.86. The van der Waals surface area contributed by atoms with Crippen LogP contribution in [0.5, 0.6) is 5.75 Å². The van der Waals surface area contributed by atoms with Crippen molar-refractivity contribution in [3.63, 3.8) is 0 Å². The molecule has 152 valence electrons. The molecule has 0 radical (unpaired) electrons. The lowest BCUT2D eigenvalue weighted by atomic mass is 10.1. The standard InChI is InChI=1S/C23H21N3O3S/c1-14(21(24)27)26-19(12-15-8-10-17(29-2)11-9-15)25-22-20(23(26)28)18(13-30-22)16-6-4-3-5-7-16/h3-11,13-14H,12H2,1-2H3,(H2,24,27). The molecule has 0 fully saturated rings. The number of primary amides is 1. The summed E-state index contributed by atoms with van der Waals surface area (Å²) < 4.78 is 6.63. The Labute approximate surface area is 177 Å². The van der Waals surface area contributed by atoms with Crippen LogP contribution < -0.4 is 16.0 Å². The zero-order valence-electron chi connectivity index (χ0n) is 16.7. The lowest BCUT2D eigenvalue weighted by molar-refractivity contribution is -0.120. The van der Waals surface area contributed by atoms with Crippen LogP contribution in [0.25, 0.3) is 21.3 Å². The van der Waals surface area contributed by atoms with Crippen LogP contribution in [0.4, 0.5) is 0 Å². The number of amides is 1. The lowest BCUT2D eigenvalue weighted by Gasteiger charge is -2.17. The van der Waals surface area contributed by atoms with Crippen molar-refractivity contribution >= 4 is 27.5 Å². The third-order valence-electron chi connectivity index (χ3n) is 5.12. The van der Waals surface area contributed by atoms with Crippen molar-refractivity contribution in [3.05, 3.63) is 81.7 Å². The molecule has 0 saturated heterocycles. The van der Waals surface area contributed by atoms with Crippen LogP contribution in [0.1, 0.15) is 24.4 Å². The van der Waals surface area contributed by atoms with E-state index in [1.807, 2.05) is 60.0 Å². The van der Waals surface area contributed by atoms with Gasteiger partial charge in [-0.05, 0) is 30.2 Å². The number of hydrogen-bond acceptors (Lipinski definition) is 5. The highest BCUT2D eigenvalue weighted by Gasteiger charge is 2.22. The number of methoxy groups -OCH3 is 1. The number of carbonyl (C=O) groups excluding carboxylic acids is 1. The molecule has 0 aliphatic carbocycles. The summed E-state index contributed by atoms with van der Waals surface area (Å²) >= 11 is 1.42. The van der Waals surface area contributed by atoms with Crippen molar-refractivity contribution < 1.29 is 9.53 Å². The van der Waals surface area contributed by atoms with Gasteiger partial charge in [0, 0.05) is 17.4 Å². The highest BCUT2D eigenvalue weighted by atomic mass is 32.1. The van der Waals surface area contributed by atoms with Gasteiger partial charge in [-0.25, -0.2) is 4.98 Å². The van der Waals surface area contributed by atoms with Gasteiger partial charge in [0.15, 0.2) is 0 Å². The minimum atomic E-state index is -0.814. The highest BCUT2D eigenvalue weighted by molar-refractivity contribution is 7.17. The largest absolute Gasteiger partial charge is 0.497 e. The van der Waals surface area contributed by atoms with Crippen molar-refractivity contribution in [3.8, 4) is 16.9 Å². The molecule has 0 bridgehead atoms. The Morgan fingerprint density at radius 3 is 2.50 bits per heavy atom. The average molecular weight is 420 g/mol. The zero-order chi connectivity index (χ0) is 21.3. The van der Waals surface area contributed by atoms with Crippen LogP contribution >= 0.6 is 11.3 Å². The minimum Gasteiger partial charge on any atom is -0.497 e. The number of aromatic nitrogens is 2. The molecular formula is C23H21N3O3S. The van der Waals surface area contributed by atoms with E-state index in [1.165, 1.54) is 15.9 Å². The Kier molecular flexibility index (Phi) is 5.37. The maximum absolute atomic E-state index is 13.5. The van der Waals surface area contributed by atoms with Crippen LogP contribution in [0.15, 0.2) is 64.8 Å². The van der Waals surface area contributed by atoms with E-state index in [0.717, 1.165) is 22.4 Å². The first-order valence-electron chi connectivity index (χ1n) is 9.50. The monoisotopic (exact) mass is 419 g/mol. The van der Waals surface area contributed by atoms with Gasteiger partial charge in [-0.2, -0.15) is 0 Å². The van der Waals surface area contributed by atoms with Gasteiger partial charge in [0.1, 0.15) is 22.4 Å². The van der Waals surface area contributed by atoms with E-state index in [4.69, 9.17) is 15.5 Å². The maximum Gasteiger partial charge on any atom is 0.263 e. The zero-order valence-corrected chi connectivity index (χ0v) is 17.5.